The molecule has 0 N–H and O–H groups in total. The molecule has 2 aromatic carbocycles. The first-order valence-corrected chi connectivity index (χ1v) is 13.7. The number of carbonyl (C=O) groups excluding carboxylic acids is 2. The van der Waals surface area contributed by atoms with E-state index in [0.29, 0.717) is 23.4 Å². The van der Waals surface area contributed by atoms with Crippen molar-refractivity contribution >= 4 is 29.2 Å². The molecule has 1 saturated carbocycles. The number of halogens is 1. The van der Waals surface area contributed by atoms with Crippen LogP contribution in [0.25, 0.3) is 4.85 Å². The van der Waals surface area contributed by atoms with Crippen molar-refractivity contribution in [1.29, 1.82) is 0 Å². The highest BCUT2D eigenvalue weighted by molar-refractivity contribution is 6.33. The number of hydrogen-bond acceptors (Lipinski definition) is 5. The Hall–Kier alpha value is -3.52. The highest BCUT2D eigenvalue weighted by atomic mass is 35.5. The SMILES string of the molecule is [2H]C([2H])([2H])N(C(=O)c1ccc(C#CCCOCC(=O)OC(C)(C)C)cc1)C1C(C)(C)C(Oc2ccc([N+]#[C-])c(Cl)c2)C1(C)C. The molecular formula is C33H39ClN2O5. The Kier molecular flexibility index (Phi) is 8.46. The molecule has 0 aliphatic heterocycles. The van der Waals surface area contributed by atoms with Crippen molar-refractivity contribution in [2.24, 2.45) is 10.8 Å². The second kappa shape index (κ2) is 12.6. The first-order valence-electron chi connectivity index (χ1n) is 14.8. The molecule has 41 heavy (non-hydrogen) atoms. The average molecular weight is 582 g/mol. The Balaban J connectivity index is 1.70. The monoisotopic (exact) mass is 581 g/mol. The van der Waals surface area contributed by atoms with E-state index in [-0.39, 0.29) is 23.8 Å². The lowest BCUT2D eigenvalue weighted by Gasteiger charge is -2.65. The molecule has 1 aliphatic carbocycles. The smallest absolute Gasteiger partial charge is 0.332 e. The fourth-order valence-electron chi connectivity index (χ4n) is 5.63. The maximum Gasteiger partial charge on any atom is 0.332 e. The van der Waals surface area contributed by atoms with Crippen LogP contribution in [0.5, 0.6) is 5.75 Å². The molecular weight excluding hydrogens is 540 g/mol. The summed E-state index contributed by atoms with van der Waals surface area (Å²) in [5, 5.41) is 0.267. The second-order valence-electron chi connectivity index (χ2n) is 12.2. The Labute approximate surface area is 253 Å². The standard InChI is InChI=1S/C33H39ClN2O5/c1-31(2,3)41-27(37)21-39-19-11-10-12-22-13-15-23(16-14-22)28(38)36(9)29-32(4,5)30(33(29,6)7)40-24-17-18-26(35-8)25(34)20-24/h13-18,20,29-30H,11,19,21H2,1-7,9H3/i9D3. The van der Waals surface area contributed by atoms with Crippen LogP contribution in [-0.4, -0.2) is 54.7 Å². The summed E-state index contributed by atoms with van der Waals surface area (Å²) < 4.78 is 41.7. The molecule has 8 heteroatoms. The van der Waals surface area contributed by atoms with E-state index in [4.69, 9.17) is 36.5 Å². The lowest BCUT2D eigenvalue weighted by atomic mass is 9.49. The number of esters is 1. The molecule has 0 heterocycles. The van der Waals surface area contributed by atoms with E-state index in [2.05, 4.69) is 16.7 Å². The van der Waals surface area contributed by atoms with Crippen molar-refractivity contribution in [3.63, 3.8) is 0 Å². The van der Waals surface area contributed by atoms with Crippen LogP contribution < -0.4 is 4.74 Å². The van der Waals surface area contributed by atoms with E-state index < -0.39 is 47.4 Å². The summed E-state index contributed by atoms with van der Waals surface area (Å²) in [7, 11) is 0. The number of ether oxygens (including phenoxy) is 3. The summed E-state index contributed by atoms with van der Waals surface area (Å²) in [5.41, 5.74) is -0.868. The quantitative estimate of drug-likeness (QED) is 0.146. The van der Waals surface area contributed by atoms with Crippen molar-refractivity contribution < 1.29 is 27.9 Å². The van der Waals surface area contributed by atoms with Gasteiger partial charge in [0.25, 0.3) is 5.91 Å². The highest BCUT2D eigenvalue weighted by Crippen LogP contribution is 2.58. The van der Waals surface area contributed by atoms with Crippen LogP contribution >= 0.6 is 11.6 Å². The predicted molar refractivity (Wildman–Crippen MR) is 160 cm³/mol. The molecule has 0 atom stereocenters. The van der Waals surface area contributed by atoms with Crippen molar-refractivity contribution in [3.8, 4) is 17.6 Å². The van der Waals surface area contributed by atoms with E-state index in [1.54, 1.807) is 63.2 Å². The largest absolute Gasteiger partial charge is 0.489 e. The van der Waals surface area contributed by atoms with Gasteiger partial charge in [0.1, 0.15) is 24.1 Å². The molecule has 0 spiro atoms. The van der Waals surface area contributed by atoms with Crippen molar-refractivity contribution in [3.05, 3.63) is 70.0 Å². The van der Waals surface area contributed by atoms with Gasteiger partial charge in [-0.3, -0.25) is 4.79 Å². The fourth-order valence-corrected chi connectivity index (χ4v) is 5.84. The molecule has 3 rings (SSSR count). The number of amides is 1. The summed E-state index contributed by atoms with van der Waals surface area (Å²) >= 11 is 6.20. The normalized spacial score (nSPS) is 20.0. The van der Waals surface area contributed by atoms with Crippen LogP contribution in [-0.2, 0) is 14.3 Å². The first kappa shape index (κ1) is 27.6. The minimum Gasteiger partial charge on any atom is -0.489 e. The minimum absolute atomic E-state index is 0.151. The predicted octanol–water partition coefficient (Wildman–Crippen LogP) is 6.94. The molecule has 0 aromatic heterocycles. The van der Waals surface area contributed by atoms with Gasteiger partial charge in [0.2, 0.25) is 5.69 Å². The zero-order chi connectivity index (χ0) is 33.1. The van der Waals surface area contributed by atoms with E-state index in [9.17, 15) is 9.59 Å². The van der Waals surface area contributed by atoms with Crippen LogP contribution in [0.1, 0.15) is 74.9 Å². The van der Waals surface area contributed by atoms with Gasteiger partial charge in [-0.05, 0) is 57.2 Å². The number of carbonyl (C=O) groups is 2. The summed E-state index contributed by atoms with van der Waals surface area (Å²) in [4.78, 5) is 29.8. The van der Waals surface area contributed by atoms with Gasteiger partial charge in [0, 0.05) is 45.5 Å². The molecule has 0 radical (unpaired) electrons. The Morgan fingerprint density at radius 1 is 1.12 bits per heavy atom. The highest BCUT2D eigenvalue weighted by Gasteiger charge is 2.65. The summed E-state index contributed by atoms with van der Waals surface area (Å²) in [6, 6.07) is 10.6. The molecule has 2 aromatic rings. The summed E-state index contributed by atoms with van der Waals surface area (Å²) in [6.45, 7) is 17.5. The topological polar surface area (TPSA) is 69.4 Å². The van der Waals surface area contributed by atoms with E-state index >= 15 is 0 Å². The molecule has 218 valence electrons. The van der Waals surface area contributed by atoms with Gasteiger partial charge in [-0.1, -0.05) is 57.2 Å². The minimum atomic E-state index is -2.71. The Bertz CT molecular complexity index is 1460. The van der Waals surface area contributed by atoms with Gasteiger partial charge in [0.15, 0.2) is 0 Å². The van der Waals surface area contributed by atoms with Gasteiger partial charge in [0.05, 0.1) is 18.2 Å². The summed E-state index contributed by atoms with van der Waals surface area (Å²) in [6.07, 6.45) is -0.0559. The van der Waals surface area contributed by atoms with Gasteiger partial charge < -0.3 is 19.1 Å². The maximum atomic E-state index is 13.8. The molecule has 1 aliphatic rings. The van der Waals surface area contributed by atoms with Crippen LogP contribution in [0, 0.1) is 29.2 Å². The fraction of sp³-hybridized carbons (Fsp3) is 0.485. The van der Waals surface area contributed by atoms with Gasteiger partial charge >= 0.3 is 5.97 Å². The Morgan fingerprint density at radius 2 is 1.78 bits per heavy atom. The number of rotatable bonds is 8. The van der Waals surface area contributed by atoms with Gasteiger partial charge in [-0.25, -0.2) is 9.64 Å². The van der Waals surface area contributed by atoms with Gasteiger partial charge in [-0.2, -0.15) is 0 Å². The molecule has 0 bridgehead atoms. The van der Waals surface area contributed by atoms with Crippen molar-refractivity contribution in [2.75, 3.05) is 20.2 Å². The lowest BCUT2D eigenvalue weighted by molar-refractivity contribution is -0.195. The number of nitrogens with zero attached hydrogens (tertiary/aromatic N) is 2. The second-order valence-corrected chi connectivity index (χ2v) is 12.6. The molecule has 7 nitrogen and oxygen atoms in total. The van der Waals surface area contributed by atoms with E-state index in [0.717, 1.165) is 4.90 Å². The number of hydrogen-bond donors (Lipinski definition) is 0. The molecule has 1 fully saturated rings. The molecule has 0 saturated heterocycles. The third kappa shape index (κ3) is 7.61. The maximum absolute atomic E-state index is 13.8. The van der Waals surface area contributed by atoms with Crippen molar-refractivity contribution in [2.45, 2.75) is 72.6 Å². The third-order valence-corrected chi connectivity index (χ3v) is 7.21. The van der Waals surface area contributed by atoms with E-state index in [1.165, 1.54) is 0 Å². The Morgan fingerprint density at radius 3 is 2.34 bits per heavy atom. The van der Waals surface area contributed by atoms with Gasteiger partial charge in [-0.15, -0.1) is 0 Å². The van der Waals surface area contributed by atoms with Crippen LogP contribution in [0.2, 0.25) is 5.02 Å². The number of benzene rings is 2. The van der Waals surface area contributed by atoms with Crippen LogP contribution in [0.15, 0.2) is 42.5 Å². The average Bonchev–Trinajstić information content (AvgIpc) is 2.90. The molecule has 1 amide bonds. The zero-order valence-corrected chi connectivity index (χ0v) is 25.4. The lowest BCUT2D eigenvalue weighted by Crippen LogP contribution is -2.74. The van der Waals surface area contributed by atoms with E-state index in [1.807, 2.05) is 27.7 Å². The van der Waals surface area contributed by atoms with Crippen LogP contribution in [0.4, 0.5) is 5.69 Å². The third-order valence-electron chi connectivity index (χ3n) is 6.91. The summed E-state index contributed by atoms with van der Waals surface area (Å²) in [5.74, 6) is 5.35. The first-order chi connectivity index (χ1) is 20.3. The zero-order valence-electron chi connectivity index (χ0n) is 27.6. The molecule has 0 unspecified atom stereocenters. The van der Waals surface area contributed by atoms with Crippen LogP contribution in [0.3, 0.4) is 0 Å². The van der Waals surface area contributed by atoms with Crippen molar-refractivity contribution in [1.82, 2.24) is 4.90 Å².